The topological polar surface area (TPSA) is 95.9 Å². The number of nitrogens with one attached hydrogen (secondary N) is 1. The van der Waals surface area contributed by atoms with Crippen LogP contribution in [0.4, 0.5) is 23.4 Å². The van der Waals surface area contributed by atoms with Gasteiger partial charge in [0.15, 0.2) is 5.82 Å². The fourth-order valence-corrected chi connectivity index (χ4v) is 3.39. The highest BCUT2D eigenvalue weighted by Gasteiger charge is 2.21. The lowest BCUT2D eigenvalue weighted by Gasteiger charge is -2.34. The summed E-state index contributed by atoms with van der Waals surface area (Å²) in [6, 6.07) is 11.8. The lowest BCUT2D eigenvalue weighted by atomic mass is 10.2. The molecule has 0 spiro atoms. The number of aromatic nitrogens is 6. The van der Waals surface area contributed by atoms with Gasteiger partial charge in [0.2, 0.25) is 11.9 Å². The molecule has 3 aromatic heterocycles. The van der Waals surface area contributed by atoms with Gasteiger partial charge in [-0.25, -0.2) is 9.97 Å². The number of hydrogen-bond acceptors (Lipinski definition) is 9. The molecule has 5 rings (SSSR count). The summed E-state index contributed by atoms with van der Waals surface area (Å²) in [5.41, 5.74) is 1.78. The molecule has 29 heavy (non-hydrogen) atoms. The zero-order chi connectivity index (χ0) is 19.5. The second-order valence-electron chi connectivity index (χ2n) is 6.67. The fourth-order valence-electron chi connectivity index (χ4n) is 3.39. The highest BCUT2D eigenvalue weighted by atomic mass is 15.4. The van der Waals surface area contributed by atoms with E-state index in [4.69, 9.17) is 0 Å². The van der Waals surface area contributed by atoms with Crippen LogP contribution in [0.25, 0.3) is 10.9 Å². The fraction of sp³-hybridized carbons (Fsp3) is 0.200. The summed E-state index contributed by atoms with van der Waals surface area (Å²) in [6.45, 7) is 3.16. The Morgan fingerprint density at radius 3 is 2.31 bits per heavy atom. The van der Waals surface area contributed by atoms with E-state index in [9.17, 15) is 0 Å². The number of fused-ring (bicyclic) bond motifs is 1. The normalized spacial score (nSPS) is 14.2. The Morgan fingerprint density at radius 2 is 1.48 bits per heavy atom. The summed E-state index contributed by atoms with van der Waals surface area (Å²) in [5, 5.41) is 12.8. The molecule has 9 heteroatoms. The number of anilines is 4. The number of piperazine rings is 1. The Bertz CT molecular complexity index is 1110. The Morgan fingerprint density at radius 1 is 0.759 bits per heavy atom. The van der Waals surface area contributed by atoms with Crippen LogP contribution >= 0.6 is 0 Å². The molecule has 0 amide bonds. The second kappa shape index (κ2) is 7.63. The van der Waals surface area contributed by atoms with Crippen molar-refractivity contribution in [2.24, 2.45) is 0 Å². The van der Waals surface area contributed by atoms with Crippen molar-refractivity contribution in [2.75, 3.05) is 41.3 Å². The Kier molecular flexibility index (Phi) is 4.53. The van der Waals surface area contributed by atoms with Crippen LogP contribution < -0.4 is 15.1 Å². The number of benzene rings is 1. The first-order valence-corrected chi connectivity index (χ1v) is 9.44. The number of rotatable bonds is 4. The quantitative estimate of drug-likeness (QED) is 0.567. The number of para-hydroxylation sites is 1. The lowest BCUT2D eigenvalue weighted by Crippen LogP contribution is -2.47. The van der Waals surface area contributed by atoms with Crippen molar-refractivity contribution >= 4 is 34.3 Å². The highest BCUT2D eigenvalue weighted by molar-refractivity contribution is 5.91. The van der Waals surface area contributed by atoms with Crippen LogP contribution in [0, 0.1) is 0 Å². The Balaban J connectivity index is 1.32. The summed E-state index contributed by atoms with van der Waals surface area (Å²) in [6.07, 6.45) is 6.94. The third-order valence-electron chi connectivity index (χ3n) is 4.84. The minimum absolute atomic E-state index is 0.608. The monoisotopic (exact) mass is 385 g/mol. The molecule has 1 N–H and O–H groups in total. The van der Waals surface area contributed by atoms with E-state index in [0.717, 1.165) is 48.7 Å². The van der Waals surface area contributed by atoms with Gasteiger partial charge in [0.1, 0.15) is 0 Å². The van der Waals surface area contributed by atoms with Crippen molar-refractivity contribution in [1.82, 2.24) is 30.1 Å². The van der Waals surface area contributed by atoms with Crippen LogP contribution in [-0.4, -0.2) is 56.3 Å². The second-order valence-corrected chi connectivity index (χ2v) is 6.67. The van der Waals surface area contributed by atoms with E-state index < -0.39 is 0 Å². The van der Waals surface area contributed by atoms with E-state index in [-0.39, 0.29) is 0 Å². The standard InChI is InChI=1S/C20H19N9/c1-4-15-5-2-7-21-18(15)16(6-1)25-17-14-24-27-20(26-17)29-12-10-28(11-13-29)19-22-8-3-9-23-19/h1-9,14H,10-13H2,(H,25,26,27). The van der Waals surface area contributed by atoms with Crippen molar-refractivity contribution < 1.29 is 0 Å². The summed E-state index contributed by atoms with van der Waals surface area (Å²) >= 11 is 0. The van der Waals surface area contributed by atoms with E-state index >= 15 is 0 Å². The molecule has 4 heterocycles. The van der Waals surface area contributed by atoms with Crippen LogP contribution in [0.3, 0.4) is 0 Å². The van der Waals surface area contributed by atoms with Crippen molar-refractivity contribution in [3.05, 3.63) is 61.2 Å². The zero-order valence-corrected chi connectivity index (χ0v) is 15.7. The molecule has 0 aliphatic carbocycles. The van der Waals surface area contributed by atoms with Gasteiger partial charge >= 0.3 is 0 Å². The zero-order valence-electron chi connectivity index (χ0n) is 15.7. The van der Waals surface area contributed by atoms with E-state index in [1.165, 1.54) is 0 Å². The van der Waals surface area contributed by atoms with Gasteiger partial charge in [-0.05, 0) is 18.2 Å². The molecule has 0 atom stereocenters. The average molecular weight is 385 g/mol. The largest absolute Gasteiger partial charge is 0.337 e. The van der Waals surface area contributed by atoms with Crippen LogP contribution in [0.5, 0.6) is 0 Å². The van der Waals surface area contributed by atoms with E-state index in [1.54, 1.807) is 24.8 Å². The number of nitrogens with zero attached hydrogens (tertiary/aromatic N) is 8. The molecular formula is C20H19N9. The molecule has 1 aliphatic heterocycles. The molecule has 1 saturated heterocycles. The molecule has 0 bridgehead atoms. The average Bonchev–Trinajstić information content (AvgIpc) is 2.80. The molecule has 1 fully saturated rings. The highest BCUT2D eigenvalue weighted by Crippen LogP contribution is 2.24. The SMILES string of the molecule is c1cnc(N2CCN(c3nncc(Nc4cccc5cccnc45)n3)CC2)nc1. The summed E-state index contributed by atoms with van der Waals surface area (Å²) < 4.78 is 0. The predicted molar refractivity (Wildman–Crippen MR) is 111 cm³/mol. The maximum Gasteiger partial charge on any atom is 0.247 e. The van der Waals surface area contributed by atoms with Crippen molar-refractivity contribution in [3.63, 3.8) is 0 Å². The van der Waals surface area contributed by atoms with Crippen LogP contribution in [0.2, 0.25) is 0 Å². The van der Waals surface area contributed by atoms with Gasteiger partial charge in [-0.3, -0.25) is 4.98 Å². The molecule has 1 aromatic carbocycles. The predicted octanol–water partition coefficient (Wildman–Crippen LogP) is 2.28. The summed E-state index contributed by atoms with van der Waals surface area (Å²) in [4.78, 5) is 22.1. The van der Waals surface area contributed by atoms with Crippen LogP contribution in [0.15, 0.2) is 61.2 Å². The molecular weight excluding hydrogens is 366 g/mol. The summed E-state index contributed by atoms with van der Waals surface area (Å²) in [7, 11) is 0. The molecule has 0 unspecified atom stereocenters. The number of pyridine rings is 1. The Labute approximate surface area is 167 Å². The molecule has 9 nitrogen and oxygen atoms in total. The first-order chi connectivity index (χ1) is 14.4. The smallest absolute Gasteiger partial charge is 0.247 e. The molecule has 0 radical (unpaired) electrons. The third-order valence-corrected chi connectivity index (χ3v) is 4.84. The van der Waals surface area contributed by atoms with Gasteiger partial charge in [-0.2, -0.15) is 10.1 Å². The van der Waals surface area contributed by atoms with Crippen LogP contribution in [0.1, 0.15) is 0 Å². The van der Waals surface area contributed by atoms with Crippen LogP contribution in [-0.2, 0) is 0 Å². The van der Waals surface area contributed by atoms with E-state index in [2.05, 4.69) is 45.2 Å². The van der Waals surface area contributed by atoms with Crippen molar-refractivity contribution in [3.8, 4) is 0 Å². The van der Waals surface area contributed by atoms with Gasteiger partial charge in [0.05, 0.1) is 17.4 Å². The van der Waals surface area contributed by atoms with Gasteiger partial charge in [0, 0.05) is 50.2 Å². The minimum Gasteiger partial charge on any atom is -0.337 e. The summed E-state index contributed by atoms with van der Waals surface area (Å²) in [5.74, 6) is 2.00. The number of hydrogen-bond donors (Lipinski definition) is 1. The first kappa shape index (κ1) is 17.2. The molecule has 144 valence electrons. The van der Waals surface area contributed by atoms with Gasteiger partial charge in [0.25, 0.3) is 0 Å². The van der Waals surface area contributed by atoms with Crippen molar-refractivity contribution in [2.45, 2.75) is 0 Å². The third kappa shape index (κ3) is 3.62. The van der Waals surface area contributed by atoms with Crippen molar-refractivity contribution in [1.29, 1.82) is 0 Å². The Hall–Kier alpha value is -3.88. The van der Waals surface area contributed by atoms with Gasteiger partial charge < -0.3 is 15.1 Å². The minimum atomic E-state index is 0.608. The van der Waals surface area contributed by atoms with Gasteiger partial charge in [-0.1, -0.05) is 18.2 Å². The van der Waals surface area contributed by atoms with E-state index in [0.29, 0.717) is 11.8 Å². The molecule has 1 aliphatic rings. The molecule has 4 aromatic rings. The van der Waals surface area contributed by atoms with E-state index in [1.807, 2.05) is 36.4 Å². The molecule has 0 saturated carbocycles. The maximum atomic E-state index is 4.66. The first-order valence-electron chi connectivity index (χ1n) is 9.44. The van der Waals surface area contributed by atoms with Gasteiger partial charge in [-0.15, -0.1) is 5.10 Å². The lowest BCUT2D eigenvalue weighted by molar-refractivity contribution is 0.624. The maximum absolute atomic E-state index is 4.66.